The SMILES string of the molecule is O=C(N1C[C@H]2COCC[C@@]2(C(=O)O)C1)C1(Cc2cccc(Cl)c2)CCCC1. The molecular formula is C21H26ClNO4. The first-order valence-electron chi connectivity index (χ1n) is 9.80. The lowest BCUT2D eigenvalue weighted by Gasteiger charge is -2.34. The number of carboxylic acids is 1. The largest absolute Gasteiger partial charge is 0.481 e. The maximum Gasteiger partial charge on any atom is 0.311 e. The number of ether oxygens (including phenoxy) is 1. The highest BCUT2D eigenvalue weighted by Gasteiger charge is 2.57. The summed E-state index contributed by atoms with van der Waals surface area (Å²) < 4.78 is 5.53. The van der Waals surface area contributed by atoms with E-state index in [2.05, 4.69) is 0 Å². The lowest BCUT2D eigenvalue weighted by Crippen LogP contribution is -2.46. The molecule has 0 aromatic heterocycles. The summed E-state index contributed by atoms with van der Waals surface area (Å²) in [5, 5.41) is 10.6. The number of carbonyl (C=O) groups excluding carboxylic acids is 1. The molecule has 2 atom stereocenters. The van der Waals surface area contributed by atoms with Crippen LogP contribution in [0.15, 0.2) is 24.3 Å². The minimum absolute atomic E-state index is 0.114. The summed E-state index contributed by atoms with van der Waals surface area (Å²) >= 11 is 6.14. The zero-order chi connectivity index (χ0) is 19.1. The maximum absolute atomic E-state index is 13.6. The summed E-state index contributed by atoms with van der Waals surface area (Å²) in [4.78, 5) is 27.5. The lowest BCUT2D eigenvalue weighted by atomic mass is 9.74. The Balaban J connectivity index is 1.59. The molecule has 1 N–H and O–H groups in total. The van der Waals surface area contributed by atoms with Crippen LogP contribution in [0.25, 0.3) is 0 Å². The smallest absolute Gasteiger partial charge is 0.311 e. The third kappa shape index (κ3) is 3.25. The van der Waals surface area contributed by atoms with Crippen LogP contribution in [0.3, 0.4) is 0 Å². The van der Waals surface area contributed by atoms with Crippen LogP contribution in [0.4, 0.5) is 0 Å². The number of halogens is 1. The number of aliphatic carboxylic acids is 1. The van der Waals surface area contributed by atoms with Crippen molar-refractivity contribution in [3.8, 4) is 0 Å². The second kappa shape index (κ2) is 7.10. The molecule has 146 valence electrons. The molecule has 1 saturated carbocycles. The van der Waals surface area contributed by atoms with Gasteiger partial charge in [0, 0.05) is 30.6 Å². The predicted octanol–water partition coefficient (Wildman–Crippen LogP) is 3.39. The van der Waals surface area contributed by atoms with Gasteiger partial charge in [-0.15, -0.1) is 0 Å². The van der Waals surface area contributed by atoms with Gasteiger partial charge >= 0.3 is 5.97 Å². The Morgan fingerprint density at radius 1 is 1.26 bits per heavy atom. The quantitative estimate of drug-likeness (QED) is 0.854. The van der Waals surface area contributed by atoms with Gasteiger partial charge in [0.05, 0.1) is 17.4 Å². The number of carbonyl (C=O) groups is 2. The van der Waals surface area contributed by atoms with Crippen molar-refractivity contribution in [2.75, 3.05) is 26.3 Å². The van der Waals surface area contributed by atoms with Gasteiger partial charge in [-0.05, 0) is 43.4 Å². The molecule has 1 aromatic carbocycles. The number of fused-ring (bicyclic) bond motifs is 1. The minimum atomic E-state index is -0.843. The molecule has 0 bridgehead atoms. The van der Waals surface area contributed by atoms with E-state index in [0.29, 0.717) is 44.2 Å². The molecule has 0 unspecified atom stereocenters. The zero-order valence-corrected chi connectivity index (χ0v) is 16.2. The van der Waals surface area contributed by atoms with Gasteiger partial charge in [0.2, 0.25) is 5.91 Å². The Morgan fingerprint density at radius 2 is 2.04 bits per heavy atom. The monoisotopic (exact) mass is 391 g/mol. The zero-order valence-electron chi connectivity index (χ0n) is 15.5. The summed E-state index contributed by atoms with van der Waals surface area (Å²) in [5.74, 6) is -0.784. The van der Waals surface area contributed by atoms with E-state index in [9.17, 15) is 14.7 Å². The molecule has 6 heteroatoms. The van der Waals surface area contributed by atoms with Gasteiger partial charge in [0.15, 0.2) is 0 Å². The van der Waals surface area contributed by atoms with Gasteiger partial charge < -0.3 is 14.7 Å². The van der Waals surface area contributed by atoms with Crippen molar-refractivity contribution in [3.63, 3.8) is 0 Å². The Bertz CT molecular complexity index is 745. The van der Waals surface area contributed by atoms with E-state index in [1.54, 1.807) is 0 Å². The van der Waals surface area contributed by atoms with Crippen molar-refractivity contribution in [2.45, 2.75) is 38.5 Å². The fraction of sp³-hybridized carbons (Fsp3) is 0.619. The third-order valence-electron chi connectivity index (χ3n) is 6.87. The molecule has 1 aromatic rings. The topological polar surface area (TPSA) is 66.8 Å². The lowest BCUT2D eigenvalue weighted by molar-refractivity contribution is -0.157. The molecule has 27 heavy (non-hydrogen) atoms. The maximum atomic E-state index is 13.6. The first-order chi connectivity index (χ1) is 13.0. The summed E-state index contributed by atoms with van der Waals surface area (Å²) in [6.07, 6.45) is 4.95. The van der Waals surface area contributed by atoms with E-state index in [-0.39, 0.29) is 11.8 Å². The average molecular weight is 392 g/mol. The van der Waals surface area contributed by atoms with Gasteiger partial charge in [-0.25, -0.2) is 0 Å². The van der Waals surface area contributed by atoms with Crippen LogP contribution in [0.1, 0.15) is 37.7 Å². The van der Waals surface area contributed by atoms with Crippen LogP contribution in [0.5, 0.6) is 0 Å². The average Bonchev–Trinajstić information content (AvgIpc) is 3.27. The molecule has 2 saturated heterocycles. The highest BCUT2D eigenvalue weighted by atomic mass is 35.5. The van der Waals surface area contributed by atoms with Crippen molar-refractivity contribution in [2.24, 2.45) is 16.7 Å². The second-order valence-electron chi connectivity index (χ2n) is 8.46. The summed E-state index contributed by atoms with van der Waals surface area (Å²) in [6.45, 7) is 1.69. The standard InChI is InChI=1S/C21H26ClNO4/c22-17-5-3-4-15(10-17)11-20(6-1-2-7-20)18(24)23-12-16-13-27-9-8-21(16,14-23)19(25)26/h3-5,10,16H,1-2,6-9,11-14H2,(H,25,26)/t16-,21+/m0/s1. The van der Waals surface area contributed by atoms with Crippen molar-refractivity contribution >= 4 is 23.5 Å². The van der Waals surface area contributed by atoms with E-state index >= 15 is 0 Å². The summed E-state index contributed by atoms with van der Waals surface area (Å²) in [5.41, 5.74) is -0.201. The van der Waals surface area contributed by atoms with Crippen LogP contribution < -0.4 is 0 Å². The van der Waals surface area contributed by atoms with E-state index < -0.39 is 16.8 Å². The van der Waals surface area contributed by atoms with Gasteiger partial charge in [-0.1, -0.05) is 36.6 Å². The van der Waals surface area contributed by atoms with Gasteiger partial charge in [0.25, 0.3) is 0 Å². The number of hydrogen-bond acceptors (Lipinski definition) is 3. The molecule has 0 radical (unpaired) electrons. The summed E-state index contributed by atoms with van der Waals surface area (Å²) in [6, 6.07) is 7.72. The predicted molar refractivity (Wildman–Crippen MR) is 102 cm³/mol. The molecule has 3 aliphatic rings. The fourth-order valence-corrected chi connectivity index (χ4v) is 5.56. The number of hydrogen-bond donors (Lipinski definition) is 1. The number of carboxylic acid groups (broad SMARTS) is 1. The first-order valence-corrected chi connectivity index (χ1v) is 10.2. The Labute approximate surface area is 164 Å². The van der Waals surface area contributed by atoms with E-state index in [0.717, 1.165) is 31.2 Å². The van der Waals surface area contributed by atoms with Crippen LogP contribution >= 0.6 is 11.6 Å². The van der Waals surface area contributed by atoms with Gasteiger partial charge in [-0.3, -0.25) is 9.59 Å². The Morgan fingerprint density at radius 3 is 2.70 bits per heavy atom. The van der Waals surface area contributed by atoms with Crippen molar-refractivity contribution in [1.82, 2.24) is 4.90 Å². The molecular weight excluding hydrogens is 366 g/mol. The molecule has 0 spiro atoms. The second-order valence-corrected chi connectivity index (χ2v) is 8.90. The van der Waals surface area contributed by atoms with Crippen LogP contribution in [0.2, 0.25) is 5.02 Å². The molecule has 1 amide bonds. The van der Waals surface area contributed by atoms with Crippen molar-refractivity contribution in [1.29, 1.82) is 0 Å². The number of likely N-dealkylation sites (tertiary alicyclic amines) is 1. The summed E-state index contributed by atoms with van der Waals surface area (Å²) in [7, 11) is 0. The van der Waals surface area contributed by atoms with Gasteiger partial charge in [0.1, 0.15) is 0 Å². The molecule has 5 nitrogen and oxygen atoms in total. The number of benzene rings is 1. The highest BCUT2D eigenvalue weighted by Crippen LogP contribution is 2.47. The normalized spacial score (nSPS) is 29.5. The molecule has 2 heterocycles. The van der Waals surface area contributed by atoms with E-state index in [1.165, 1.54) is 0 Å². The Kier molecular flexibility index (Phi) is 4.93. The highest BCUT2D eigenvalue weighted by molar-refractivity contribution is 6.30. The molecule has 3 fully saturated rings. The number of amides is 1. The van der Waals surface area contributed by atoms with Crippen molar-refractivity contribution in [3.05, 3.63) is 34.9 Å². The van der Waals surface area contributed by atoms with Crippen LogP contribution in [-0.2, 0) is 20.7 Å². The molecule has 4 rings (SSSR count). The number of nitrogens with zero attached hydrogens (tertiary/aromatic N) is 1. The van der Waals surface area contributed by atoms with E-state index in [1.807, 2.05) is 29.2 Å². The molecule has 1 aliphatic carbocycles. The van der Waals surface area contributed by atoms with E-state index in [4.69, 9.17) is 16.3 Å². The minimum Gasteiger partial charge on any atom is -0.481 e. The number of rotatable bonds is 4. The third-order valence-corrected chi connectivity index (χ3v) is 7.10. The molecule has 2 aliphatic heterocycles. The first kappa shape index (κ1) is 18.8. The Hall–Kier alpha value is -1.59. The van der Waals surface area contributed by atoms with Crippen LogP contribution in [0, 0.1) is 16.7 Å². The fourth-order valence-electron chi connectivity index (χ4n) is 5.35. The van der Waals surface area contributed by atoms with Crippen molar-refractivity contribution < 1.29 is 19.4 Å². The van der Waals surface area contributed by atoms with Gasteiger partial charge in [-0.2, -0.15) is 0 Å². The van der Waals surface area contributed by atoms with Crippen LogP contribution in [-0.4, -0.2) is 48.2 Å².